The first-order valence-corrected chi connectivity index (χ1v) is 7.78. The first kappa shape index (κ1) is 17.7. The Bertz CT molecular complexity index is 664. The van der Waals surface area contributed by atoms with Crippen LogP contribution < -0.4 is 15.4 Å². The van der Waals surface area contributed by atoms with Gasteiger partial charge in [-0.1, -0.05) is 18.2 Å². The van der Waals surface area contributed by atoms with Crippen molar-refractivity contribution >= 4 is 17.3 Å². The van der Waals surface area contributed by atoms with E-state index >= 15 is 0 Å². The molecular formula is C18H21FN2O3. The molecule has 0 spiro atoms. The van der Waals surface area contributed by atoms with Gasteiger partial charge in [0.15, 0.2) is 0 Å². The molecular weight excluding hydrogens is 311 g/mol. The third-order valence-corrected chi connectivity index (χ3v) is 3.13. The van der Waals surface area contributed by atoms with E-state index in [-0.39, 0.29) is 12.5 Å². The van der Waals surface area contributed by atoms with Gasteiger partial charge in [0.2, 0.25) is 5.91 Å². The van der Waals surface area contributed by atoms with Crippen molar-refractivity contribution in [2.24, 2.45) is 0 Å². The Balaban J connectivity index is 1.82. The highest BCUT2D eigenvalue weighted by atomic mass is 19.1. The zero-order chi connectivity index (χ0) is 17.2. The molecule has 0 atom stereocenters. The van der Waals surface area contributed by atoms with E-state index in [1.807, 2.05) is 6.92 Å². The molecule has 24 heavy (non-hydrogen) atoms. The molecule has 0 aliphatic rings. The van der Waals surface area contributed by atoms with Crippen molar-refractivity contribution in [3.8, 4) is 5.75 Å². The molecule has 2 rings (SSSR count). The van der Waals surface area contributed by atoms with E-state index in [4.69, 9.17) is 9.47 Å². The molecule has 0 radical (unpaired) electrons. The molecule has 0 saturated heterocycles. The second-order valence-corrected chi connectivity index (χ2v) is 4.95. The molecule has 0 fully saturated rings. The normalized spacial score (nSPS) is 10.2. The molecule has 0 saturated carbocycles. The first-order valence-electron chi connectivity index (χ1n) is 7.78. The van der Waals surface area contributed by atoms with E-state index in [1.54, 1.807) is 42.5 Å². The predicted octanol–water partition coefficient (Wildman–Crippen LogP) is 3.29. The highest BCUT2D eigenvalue weighted by molar-refractivity contribution is 5.93. The average Bonchev–Trinajstić information content (AvgIpc) is 2.58. The lowest BCUT2D eigenvalue weighted by Crippen LogP contribution is -2.22. The summed E-state index contributed by atoms with van der Waals surface area (Å²) >= 11 is 0. The van der Waals surface area contributed by atoms with Gasteiger partial charge in [-0.25, -0.2) is 4.39 Å². The van der Waals surface area contributed by atoms with Gasteiger partial charge in [-0.3, -0.25) is 4.79 Å². The second-order valence-electron chi connectivity index (χ2n) is 4.95. The Hall–Kier alpha value is -2.60. The van der Waals surface area contributed by atoms with E-state index in [1.165, 1.54) is 6.07 Å². The van der Waals surface area contributed by atoms with Crippen LogP contribution >= 0.6 is 0 Å². The number of benzene rings is 2. The number of carbonyl (C=O) groups is 1. The summed E-state index contributed by atoms with van der Waals surface area (Å²) in [6, 6.07) is 13.3. The van der Waals surface area contributed by atoms with E-state index in [2.05, 4.69) is 10.6 Å². The highest BCUT2D eigenvalue weighted by Gasteiger charge is 2.05. The van der Waals surface area contributed by atoms with Crippen molar-refractivity contribution in [1.82, 2.24) is 0 Å². The van der Waals surface area contributed by atoms with Crippen molar-refractivity contribution in [3.63, 3.8) is 0 Å². The lowest BCUT2D eigenvalue weighted by Gasteiger charge is -2.10. The van der Waals surface area contributed by atoms with Crippen molar-refractivity contribution in [3.05, 3.63) is 54.3 Å². The number of hydrogen-bond acceptors (Lipinski definition) is 4. The molecule has 0 bridgehead atoms. The molecule has 5 nitrogen and oxygen atoms in total. The molecule has 0 aliphatic carbocycles. The molecule has 0 aromatic heterocycles. The van der Waals surface area contributed by atoms with E-state index in [0.717, 1.165) is 0 Å². The molecule has 128 valence electrons. The number of amides is 1. The molecule has 2 aromatic carbocycles. The minimum absolute atomic E-state index is 0.0314. The van der Waals surface area contributed by atoms with Crippen LogP contribution in [0.5, 0.6) is 5.75 Å². The second kappa shape index (κ2) is 9.52. The summed E-state index contributed by atoms with van der Waals surface area (Å²) in [5.74, 6) is -0.0192. The van der Waals surface area contributed by atoms with Crippen LogP contribution in [0.15, 0.2) is 48.5 Å². The molecule has 1 amide bonds. The number of halogens is 1. The molecule has 6 heteroatoms. The minimum atomic E-state index is -0.394. The Morgan fingerprint density at radius 2 is 1.96 bits per heavy atom. The van der Waals surface area contributed by atoms with Gasteiger partial charge in [-0.15, -0.1) is 0 Å². The van der Waals surface area contributed by atoms with Crippen LogP contribution in [0.1, 0.15) is 6.92 Å². The fraction of sp³-hybridized carbons (Fsp3) is 0.278. The van der Waals surface area contributed by atoms with Gasteiger partial charge in [-0.05, 0) is 31.2 Å². The number of rotatable bonds is 9. The largest absolute Gasteiger partial charge is 0.491 e. The van der Waals surface area contributed by atoms with Crippen LogP contribution in [0, 0.1) is 5.82 Å². The van der Waals surface area contributed by atoms with Gasteiger partial charge < -0.3 is 20.1 Å². The van der Waals surface area contributed by atoms with Crippen LogP contribution in [0.2, 0.25) is 0 Å². The summed E-state index contributed by atoms with van der Waals surface area (Å²) in [7, 11) is 0. The zero-order valence-electron chi connectivity index (χ0n) is 13.5. The number of carbonyl (C=O) groups excluding carboxylic acids is 1. The topological polar surface area (TPSA) is 59.6 Å². The van der Waals surface area contributed by atoms with Gasteiger partial charge in [-0.2, -0.15) is 0 Å². The van der Waals surface area contributed by atoms with Crippen LogP contribution in [-0.2, 0) is 9.53 Å². The number of hydrogen-bond donors (Lipinski definition) is 2. The summed E-state index contributed by atoms with van der Waals surface area (Å²) < 4.78 is 24.2. The van der Waals surface area contributed by atoms with Crippen molar-refractivity contribution < 1.29 is 18.7 Å². The highest BCUT2D eigenvalue weighted by Crippen LogP contribution is 2.17. The average molecular weight is 332 g/mol. The van der Waals surface area contributed by atoms with Gasteiger partial charge in [0, 0.05) is 18.4 Å². The zero-order valence-corrected chi connectivity index (χ0v) is 13.5. The van der Waals surface area contributed by atoms with Crippen molar-refractivity contribution in [1.29, 1.82) is 0 Å². The maximum Gasteiger partial charge on any atom is 0.243 e. The minimum Gasteiger partial charge on any atom is -0.491 e. The maximum atomic E-state index is 13.5. The first-order chi connectivity index (χ1) is 11.7. The fourth-order valence-corrected chi connectivity index (χ4v) is 2.01. The summed E-state index contributed by atoms with van der Waals surface area (Å²) in [4.78, 5) is 12.0. The van der Waals surface area contributed by atoms with Crippen LogP contribution in [0.25, 0.3) is 0 Å². The summed E-state index contributed by atoms with van der Waals surface area (Å²) in [5.41, 5.74) is 0.907. The smallest absolute Gasteiger partial charge is 0.243 e. The summed E-state index contributed by atoms with van der Waals surface area (Å²) in [6.07, 6.45) is 0. The quantitative estimate of drug-likeness (QED) is 0.692. The van der Waals surface area contributed by atoms with Gasteiger partial charge in [0.25, 0.3) is 0 Å². The van der Waals surface area contributed by atoms with Gasteiger partial charge in [0.1, 0.15) is 18.2 Å². The van der Waals surface area contributed by atoms with Gasteiger partial charge >= 0.3 is 0 Å². The maximum absolute atomic E-state index is 13.5. The third kappa shape index (κ3) is 5.89. The molecule has 0 heterocycles. The Morgan fingerprint density at radius 1 is 1.12 bits per heavy atom. The summed E-state index contributed by atoms with van der Waals surface area (Å²) in [6.45, 7) is 3.50. The van der Waals surface area contributed by atoms with Crippen molar-refractivity contribution in [2.45, 2.75) is 6.92 Å². The SMILES string of the molecule is CCOCCOc1cccc(NC(=O)CNc2ccccc2F)c1. The molecule has 0 aliphatic heterocycles. The Morgan fingerprint density at radius 3 is 2.75 bits per heavy atom. The monoisotopic (exact) mass is 332 g/mol. The number of anilines is 2. The predicted molar refractivity (Wildman–Crippen MR) is 91.9 cm³/mol. The van der Waals surface area contributed by atoms with E-state index < -0.39 is 5.82 Å². The molecule has 2 aromatic rings. The van der Waals surface area contributed by atoms with Crippen LogP contribution in [0.4, 0.5) is 15.8 Å². The number of para-hydroxylation sites is 1. The summed E-state index contributed by atoms with van der Waals surface area (Å²) in [5, 5.41) is 5.50. The fourth-order valence-electron chi connectivity index (χ4n) is 2.01. The third-order valence-electron chi connectivity index (χ3n) is 3.13. The van der Waals surface area contributed by atoms with E-state index in [9.17, 15) is 9.18 Å². The van der Waals surface area contributed by atoms with Gasteiger partial charge in [0.05, 0.1) is 18.8 Å². The Kier molecular flexibility index (Phi) is 7.04. The lowest BCUT2D eigenvalue weighted by atomic mass is 10.3. The van der Waals surface area contributed by atoms with Crippen molar-refractivity contribution in [2.75, 3.05) is 37.0 Å². The number of nitrogens with one attached hydrogen (secondary N) is 2. The molecule has 0 unspecified atom stereocenters. The van der Waals surface area contributed by atoms with Crippen LogP contribution in [0.3, 0.4) is 0 Å². The standard InChI is InChI=1S/C18H21FN2O3/c1-2-23-10-11-24-15-7-5-6-14(12-15)21-18(22)13-20-17-9-4-3-8-16(17)19/h3-9,12,20H,2,10-11,13H2,1H3,(H,21,22). The molecule has 2 N–H and O–H groups in total. The van der Waals surface area contributed by atoms with E-state index in [0.29, 0.717) is 36.9 Å². The Labute approximate surface area is 140 Å². The van der Waals surface area contributed by atoms with Crippen LogP contribution in [-0.4, -0.2) is 32.3 Å². The lowest BCUT2D eigenvalue weighted by molar-refractivity contribution is -0.114. The number of ether oxygens (including phenoxy) is 2.